The third kappa shape index (κ3) is 4.53. The summed E-state index contributed by atoms with van der Waals surface area (Å²) in [5.74, 6) is 1.34. The van der Waals surface area contributed by atoms with Crippen molar-refractivity contribution in [1.29, 1.82) is 0 Å². The third-order valence-electron chi connectivity index (χ3n) is 3.51. The molecule has 0 heterocycles. The van der Waals surface area contributed by atoms with Gasteiger partial charge in [0.25, 0.3) is 0 Å². The summed E-state index contributed by atoms with van der Waals surface area (Å²) in [6, 6.07) is 11.4. The first-order chi connectivity index (χ1) is 11.7. The van der Waals surface area contributed by atoms with E-state index in [1.807, 2.05) is 36.4 Å². The van der Waals surface area contributed by atoms with Crippen molar-refractivity contribution in [1.82, 2.24) is 0 Å². The number of hydrogen-bond acceptors (Lipinski definition) is 6. The van der Waals surface area contributed by atoms with Crippen LogP contribution in [-0.2, 0) is 9.47 Å². The van der Waals surface area contributed by atoms with E-state index in [4.69, 9.17) is 30.4 Å². The highest BCUT2D eigenvalue weighted by molar-refractivity contribution is 5.87. The monoisotopic (exact) mass is 332 g/mol. The highest BCUT2D eigenvalue weighted by Crippen LogP contribution is 2.37. The zero-order chi connectivity index (χ0) is 17.4. The molecule has 0 saturated heterocycles. The van der Waals surface area contributed by atoms with Gasteiger partial charge < -0.3 is 30.4 Å². The Bertz CT molecular complexity index is 644. The molecular formula is C18H24N2O4. The fourth-order valence-electron chi connectivity index (χ4n) is 2.20. The Hall–Kier alpha value is -2.44. The minimum atomic E-state index is 0.424. The summed E-state index contributed by atoms with van der Waals surface area (Å²) in [7, 11) is 3.26. The molecular weight excluding hydrogens is 308 g/mol. The Morgan fingerprint density at radius 1 is 0.708 bits per heavy atom. The van der Waals surface area contributed by atoms with Crippen molar-refractivity contribution in [2.24, 2.45) is 0 Å². The van der Waals surface area contributed by atoms with Crippen molar-refractivity contribution < 1.29 is 18.9 Å². The molecule has 6 nitrogen and oxygen atoms in total. The standard InChI is InChI=1S/C18H24N2O4/c1-21-9-11-23-14-5-3-13(4-6-14)15-7-8-16(18(20)17(15)19)24-12-10-22-2/h3-8H,9-12,19-20H2,1-2H3. The molecule has 2 aromatic rings. The average Bonchev–Trinajstić information content (AvgIpc) is 2.60. The van der Waals surface area contributed by atoms with E-state index in [2.05, 4.69) is 0 Å². The molecule has 0 saturated carbocycles. The number of rotatable bonds is 9. The van der Waals surface area contributed by atoms with Gasteiger partial charge in [-0.15, -0.1) is 0 Å². The van der Waals surface area contributed by atoms with Crippen LogP contribution in [0.3, 0.4) is 0 Å². The second-order valence-corrected chi connectivity index (χ2v) is 5.15. The molecule has 0 atom stereocenters. The normalized spacial score (nSPS) is 10.6. The molecule has 2 rings (SSSR count). The first kappa shape index (κ1) is 17.9. The molecule has 0 aliphatic rings. The first-order valence-electron chi connectivity index (χ1n) is 7.69. The first-order valence-corrected chi connectivity index (χ1v) is 7.69. The van der Waals surface area contributed by atoms with E-state index in [1.165, 1.54) is 0 Å². The van der Waals surface area contributed by atoms with Crippen LogP contribution in [0.1, 0.15) is 0 Å². The predicted octanol–water partition coefficient (Wildman–Crippen LogP) is 2.57. The molecule has 24 heavy (non-hydrogen) atoms. The molecule has 0 unspecified atom stereocenters. The van der Waals surface area contributed by atoms with Gasteiger partial charge in [0, 0.05) is 19.8 Å². The molecule has 0 fully saturated rings. The average molecular weight is 332 g/mol. The summed E-state index contributed by atoms with van der Waals surface area (Å²) in [5, 5.41) is 0. The summed E-state index contributed by atoms with van der Waals surface area (Å²) in [6.07, 6.45) is 0. The summed E-state index contributed by atoms with van der Waals surface area (Å²) in [4.78, 5) is 0. The lowest BCUT2D eigenvalue weighted by molar-refractivity contribution is 0.146. The number of methoxy groups -OCH3 is 2. The molecule has 0 spiro atoms. The lowest BCUT2D eigenvalue weighted by atomic mass is 10.0. The number of ether oxygens (including phenoxy) is 4. The second-order valence-electron chi connectivity index (χ2n) is 5.15. The van der Waals surface area contributed by atoms with Gasteiger partial charge in [0.15, 0.2) is 0 Å². The van der Waals surface area contributed by atoms with Gasteiger partial charge in [-0.25, -0.2) is 0 Å². The maximum atomic E-state index is 6.17. The van der Waals surface area contributed by atoms with Crippen LogP contribution in [0.15, 0.2) is 36.4 Å². The van der Waals surface area contributed by atoms with E-state index in [0.717, 1.165) is 16.9 Å². The fraction of sp³-hybridized carbons (Fsp3) is 0.333. The van der Waals surface area contributed by atoms with E-state index in [9.17, 15) is 0 Å². The summed E-state index contributed by atoms with van der Waals surface area (Å²) >= 11 is 0. The van der Waals surface area contributed by atoms with E-state index in [-0.39, 0.29) is 0 Å². The van der Waals surface area contributed by atoms with Crippen LogP contribution in [0.5, 0.6) is 11.5 Å². The molecule has 4 N–H and O–H groups in total. The predicted molar refractivity (Wildman–Crippen MR) is 95.4 cm³/mol. The van der Waals surface area contributed by atoms with Gasteiger partial charge in [-0.3, -0.25) is 0 Å². The van der Waals surface area contributed by atoms with Crippen LogP contribution in [0.4, 0.5) is 11.4 Å². The van der Waals surface area contributed by atoms with Crippen LogP contribution in [0.2, 0.25) is 0 Å². The molecule has 6 heteroatoms. The summed E-state index contributed by atoms with van der Waals surface area (Å²) in [6.45, 7) is 1.98. The topological polar surface area (TPSA) is 89.0 Å². The van der Waals surface area contributed by atoms with Crippen LogP contribution in [-0.4, -0.2) is 40.6 Å². The number of hydrogen-bond donors (Lipinski definition) is 2. The number of nitrogen functional groups attached to an aromatic ring is 2. The molecule has 0 aliphatic carbocycles. The largest absolute Gasteiger partial charge is 0.491 e. The van der Waals surface area contributed by atoms with Crippen LogP contribution in [0, 0.1) is 0 Å². The van der Waals surface area contributed by atoms with Gasteiger partial charge in [0.05, 0.1) is 24.6 Å². The maximum absolute atomic E-state index is 6.17. The Labute approximate surface area is 142 Å². The van der Waals surface area contributed by atoms with Gasteiger partial charge in [0.1, 0.15) is 24.7 Å². The lowest BCUT2D eigenvalue weighted by Gasteiger charge is -2.14. The number of benzene rings is 2. The van der Waals surface area contributed by atoms with Crippen LogP contribution >= 0.6 is 0 Å². The van der Waals surface area contributed by atoms with Crippen molar-refractivity contribution in [2.45, 2.75) is 0 Å². The highest BCUT2D eigenvalue weighted by atomic mass is 16.5. The molecule has 0 bridgehead atoms. The van der Waals surface area contributed by atoms with Gasteiger partial charge in [-0.2, -0.15) is 0 Å². The summed E-state index contributed by atoms with van der Waals surface area (Å²) in [5.41, 5.74) is 15.0. The van der Waals surface area contributed by atoms with Gasteiger partial charge >= 0.3 is 0 Å². The van der Waals surface area contributed by atoms with Crippen molar-refractivity contribution in [2.75, 3.05) is 52.1 Å². The second kappa shape index (κ2) is 9.00. The SMILES string of the molecule is COCCOc1ccc(-c2ccc(OCCOC)c(N)c2N)cc1. The van der Waals surface area contributed by atoms with E-state index in [1.54, 1.807) is 14.2 Å². The Kier molecular flexibility index (Phi) is 6.72. The van der Waals surface area contributed by atoms with Gasteiger partial charge in [-0.05, 0) is 29.8 Å². The molecule has 130 valence electrons. The Morgan fingerprint density at radius 3 is 1.96 bits per heavy atom. The fourth-order valence-corrected chi connectivity index (χ4v) is 2.20. The van der Waals surface area contributed by atoms with Gasteiger partial charge in [0.2, 0.25) is 0 Å². The highest BCUT2D eigenvalue weighted by Gasteiger charge is 2.11. The van der Waals surface area contributed by atoms with Crippen LogP contribution in [0.25, 0.3) is 11.1 Å². The minimum absolute atomic E-state index is 0.424. The maximum Gasteiger partial charge on any atom is 0.144 e. The number of nitrogens with two attached hydrogens (primary N) is 2. The van der Waals surface area contributed by atoms with E-state index >= 15 is 0 Å². The third-order valence-corrected chi connectivity index (χ3v) is 3.51. The molecule has 0 aliphatic heterocycles. The van der Waals surface area contributed by atoms with Gasteiger partial charge in [-0.1, -0.05) is 12.1 Å². The zero-order valence-electron chi connectivity index (χ0n) is 14.1. The Balaban J connectivity index is 2.12. The Morgan fingerprint density at radius 2 is 1.33 bits per heavy atom. The van der Waals surface area contributed by atoms with Crippen LogP contribution < -0.4 is 20.9 Å². The van der Waals surface area contributed by atoms with E-state index in [0.29, 0.717) is 43.6 Å². The van der Waals surface area contributed by atoms with Crippen molar-refractivity contribution in [3.8, 4) is 22.6 Å². The molecule has 0 amide bonds. The summed E-state index contributed by atoms with van der Waals surface area (Å²) < 4.78 is 21.0. The van der Waals surface area contributed by atoms with Crippen molar-refractivity contribution in [3.63, 3.8) is 0 Å². The lowest BCUT2D eigenvalue weighted by Crippen LogP contribution is -2.07. The minimum Gasteiger partial charge on any atom is -0.491 e. The molecule has 2 aromatic carbocycles. The van der Waals surface area contributed by atoms with Crippen molar-refractivity contribution >= 4 is 11.4 Å². The van der Waals surface area contributed by atoms with E-state index < -0.39 is 0 Å². The van der Waals surface area contributed by atoms with Crippen molar-refractivity contribution in [3.05, 3.63) is 36.4 Å². The molecule has 0 aromatic heterocycles. The quantitative estimate of drug-likeness (QED) is 0.542. The molecule has 0 radical (unpaired) electrons. The number of anilines is 2. The smallest absolute Gasteiger partial charge is 0.144 e. The zero-order valence-corrected chi connectivity index (χ0v) is 14.1.